The molecule has 1 aliphatic heterocycles. The Morgan fingerprint density at radius 1 is 1.43 bits per heavy atom. The van der Waals surface area contributed by atoms with Crippen LogP contribution >= 0.6 is 11.8 Å². The monoisotopic (exact) mass is 304 g/mol. The summed E-state index contributed by atoms with van der Waals surface area (Å²) in [6.45, 7) is 4.36. The third kappa shape index (κ3) is 4.15. The van der Waals surface area contributed by atoms with Crippen LogP contribution < -0.4 is 4.74 Å². The van der Waals surface area contributed by atoms with Crippen molar-refractivity contribution in [1.82, 2.24) is 4.90 Å². The fourth-order valence-electron chi connectivity index (χ4n) is 2.91. The lowest BCUT2D eigenvalue weighted by atomic mass is 10.0. The zero-order valence-electron chi connectivity index (χ0n) is 13.0. The minimum atomic E-state index is 0.553. The van der Waals surface area contributed by atoms with Crippen LogP contribution in [0.3, 0.4) is 0 Å². The number of hydrogen-bond acceptors (Lipinski definition) is 4. The van der Waals surface area contributed by atoms with E-state index in [1.165, 1.54) is 10.5 Å². The molecule has 0 spiro atoms. The number of ether oxygens (including phenoxy) is 1. The van der Waals surface area contributed by atoms with E-state index in [0.717, 1.165) is 43.9 Å². The number of nitriles is 1. The van der Waals surface area contributed by atoms with Crippen molar-refractivity contribution < 1.29 is 4.74 Å². The molecule has 114 valence electrons. The number of unbranched alkanes of at least 4 members (excludes halogenated alkanes) is 1. The number of methoxy groups -OCH3 is 1. The van der Waals surface area contributed by atoms with E-state index >= 15 is 0 Å². The minimum absolute atomic E-state index is 0.553. The third-order valence-electron chi connectivity index (χ3n) is 3.94. The van der Waals surface area contributed by atoms with Crippen LogP contribution in [0.25, 0.3) is 0 Å². The van der Waals surface area contributed by atoms with Crippen molar-refractivity contribution in [3.63, 3.8) is 0 Å². The van der Waals surface area contributed by atoms with Gasteiger partial charge in [0.1, 0.15) is 5.75 Å². The van der Waals surface area contributed by atoms with Crippen LogP contribution in [0, 0.1) is 11.3 Å². The van der Waals surface area contributed by atoms with Gasteiger partial charge in [0.2, 0.25) is 0 Å². The SMILES string of the molecule is CCCN(CCCC#N)C1CSc2cccc(OC)c2C1. The molecule has 2 rings (SSSR count). The van der Waals surface area contributed by atoms with Gasteiger partial charge in [-0.05, 0) is 44.5 Å². The Kier molecular flexibility index (Phi) is 6.41. The molecule has 0 amide bonds. The first kappa shape index (κ1) is 16.2. The summed E-state index contributed by atoms with van der Waals surface area (Å²) >= 11 is 1.93. The van der Waals surface area contributed by atoms with Crippen molar-refractivity contribution >= 4 is 11.8 Å². The molecule has 1 aromatic carbocycles. The first-order valence-electron chi connectivity index (χ1n) is 7.69. The zero-order valence-corrected chi connectivity index (χ0v) is 13.8. The van der Waals surface area contributed by atoms with Crippen LogP contribution in [-0.2, 0) is 6.42 Å². The lowest BCUT2D eigenvalue weighted by Gasteiger charge is -2.35. The van der Waals surface area contributed by atoms with Crippen LogP contribution in [-0.4, -0.2) is 36.9 Å². The van der Waals surface area contributed by atoms with Crippen molar-refractivity contribution in [1.29, 1.82) is 5.26 Å². The Morgan fingerprint density at radius 2 is 2.29 bits per heavy atom. The molecular formula is C17H24N2OS. The molecule has 0 aromatic heterocycles. The molecule has 21 heavy (non-hydrogen) atoms. The number of hydrogen-bond donors (Lipinski definition) is 0. The maximum absolute atomic E-state index is 8.73. The fourth-order valence-corrected chi connectivity index (χ4v) is 4.15. The molecule has 4 heteroatoms. The van der Waals surface area contributed by atoms with Gasteiger partial charge in [-0.2, -0.15) is 5.26 Å². The van der Waals surface area contributed by atoms with Crippen LogP contribution in [0.1, 0.15) is 31.7 Å². The van der Waals surface area contributed by atoms with Gasteiger partial charge in [-0.25, -0.2) is 0 Å². The Bertz CT molecular complexity index is 484. The van der Waals surface area contributed by atoms with Gasteiger partial charge in [0.15, 0.2) is 0 Å². The average Bonchev–Trinajstić information content (AvgIpc) is 2.53. The summed E-state index contributed by atoms with van der Waals surface area (Å²) in [5.74, 6) is 2.14. The highest BCUT2D eigenvalue weighted by molar-refractivity contribution is 7.99. The van der Waals surface area contributed by atoms with E-state index in [1.807, 2.05) is 11.8 Å². The second-order valence-electron chi connectivity index (χ2n) is 5.40. The summed E-state index contributed by atoms with van der Waals surface area (Å²) in [5, 5.41) is 8.73. The highest BCUT2D eigenvalue weighted by Crippen LogP contribution is 2.37. The van der Waals surface area contributed by atoms with Crippen molar-refractivity contribution in [3.05, 3.63) is 23.8 Å². The normalized spacial score (nSPS) is 17.3. The predicted octanol–water partition coefficient (Wildman–Crippen LogP) is 3.73. The lowest BCUT2D eigenvalue weighted by molar-refractivity contribution is 0.206. The topological polar surface area (TPSA) is 36.3 Å². The standard InChI is InChI=1S/C17H24N2OS/c1-3-10-19(11-5-4-9-18)14-12-15-16(20-2)7-6-8-17(15)21-13-14/h6-8,14H,3-5,10-13H2,1-2H3. The molecule has 0 bridgehead atoms. The molecule has 0 saturated heterocycles. The van der Waals surface area contributed by atoms with Crippen LogP contribution in [0.4, 0.5) is 0 Å². The summed E-state index contributed by atoms with van der Waals surface area (Å²) in [4.78, 5) is 3.92. The summed E-state index contributed by atoms with van der Waals surface area (Å²) in [6, 6.07) is 9.12. The largest absolute Gasteiger partial charge is 0.496 e. The van der Waals surface area contributed by atoms with Crippen molar-refractivity contribution in [2.75, 3.05) is 26.0 Å². The Hall–Kier alpha value is -1.18. The molecule has 1 aliphatic rings. The van der Waals surface area contributed by atoms with E-state index in [1.54, 1.807) is 7.11 Å². The van der Waals surface area contributed by atoms with E-state index in [2.05, 4.69) is 36.1 Å². The first-order chi connectivity index (χ1) is 10.3. The van der Waals surface area contributed by atoms with E-state index in [0.29, 0.717) is 12.5 Å². The molecule has 0 aliphatic carbocycles. The maximum Gasteiger partial charge on any atom is 0.123 e. The molecule has 0 fully saturated rings. The van der Waals surface area contributed by atoms with Gasteiger partial charge in [-0.1, -0.05) is 13.0 Å². The summed E-state index contributed by atoms with van der Waals surface area (Å²) < 4.78 is 5.52. The fraction of sp³-hybridized carbons (Fsp3) is 0.588. The molecule has 0 radical (unpaired) electrons. The highest BCUT2D eigenvalue weighted by atomic mass is 32.2. The number of thioether (sulfide) groups is 1. The molecule has 1 atom stereocenters. The van der Waals surface area contributed by atoms with Crippen LogP contribution in [0.5, 0.6) is 5.75 Å². The van der Waals surface area contributed by atoms with E-state index in [9.17, 15) is 0 Å². The number of fused-ring (bicyclic) bond motifs is 1. The molecule has 0 N–H and O–H groups in total. The Morgan fingerprint density at radius 3 is 3.00 bits per heavy atom. The summed E-state index contributed by atoms with van der Waals surface area (Å²) in [5.41, 5.74) is 1.35. The molecular weight excluding hydrogens is 280 g/mol. The molecule has 3 nitrogen and oxygen atoms in total. The quantitative estimate of drug-likeness (QED) is 0.719. The van der Waals surface area contributed by atoms with E-state index in [4.69, 9.17) is 10.00 Å². The number of nitrogens with zero attached hydrogens (tertiary/aromatic N) is 2. The van der Waals surface area contributed by atoms with Gasteiger partial charge < -0.3 is 4.74 Å². The number of rotatable bonds is 7. The van der Waals surface area contributed by atoms with Crippen molar-refractivity contribution in [2.24, 2.45) is 0 Å². The van der Waals surface area contributed by atoms with Gasteiger partial charge in [-0.3, -0.25) is 4.90 Å². The first-order valence-corrected chi connectivity index (χ1v) is 8.68. The number of benzene rings is 1. The van der Waals surface area contributed by atoms with Gasteiger partial charge in [0, 0.05) is 28.7 Å². The van der Waals surface area contributed by atoms with E-state index in [-0.39, 0.29) is 0 Å². The Labute approximate surface area is 132 Å². The predicted molar refractivity (Wildman–Crippen MR) is 87.9 cm³/mol. The second-order valence-corrected chi connectivity index (χ2v) is 6.47. The van der Waals surface area contributed by atoms with Crippen molar-refractivity contribution in [2.45, 2.75) is 43.5 Å². The lowest BCUT2D eigenvalue weighted by Crippen LogP contribution is -2.41. The van der Waals surface area contributed by atoms with Gasteiger partial charge in [0.25, 0.3) is 0 Å². The average molecular weight is 304 g/mol. The highest BCUT2D eigenvalue weighted by Gasteiger charge is 2.26. The maximum atomic E-state index is 8.73. The summed E-state index contributed by atoms with van der Waals surface area (Å²) in [6.07, 6.45) is 3.84. The van der Waals surface area contributed by atoms with Gasteiger partial charge >= 0.3 is 0 Å². The molecule has 1 aromatic rings. The minimum Gasteiger partial charge on any atom is -0.496 e. The van der Waals surface area contributed by atoms with E-state index < -0.39 is 0 Å². The molecule has 0 saturated carbocycles. The van der Waals surface area contributed by atoms with Crippen molar-refractivity contribution in [3.8, 4) is 11.8 Å². The Balaban J connectivity index is 2.08. The molecule has 1 heterocycles. The summed E-state index contributed by atoms with van der Waals surface area (Å²) in [7, 11) is 1.75. The molecule has 1 unspecified atom stereocenters. The van der Waals surface area contributed by atoms with Gasteiger partial charge in [0.05, 0.1) is 13.2 Å². The van der Waals surface area contributed by atoms with Crippen LogP contribution in [0.15, 0.2) is 23.1 Å². The van der Waals surface area contributed by atoms with Crippen LogP contribution in [0.2, 0.25) is 0 Å². The zero-order chi connectivity index (χ0) is 15.1. The smallest absolute Gasteiger partial charge is 0.123 e. The second kappa shape index (κ2) is 8.31. The third-order valence-corrected chi connectivity index (χ3v) is 5.19. The van der Waals surface area contributed by atoms with Gasteiger partial charge in [-0.15, -0.1) is 11.8 Å².